The van der Waals surface area contributed by atoms with E-state index in [0.717, 1.165) is 31.4 Å². The Bertz CT molecular complexity index is 148. The molecule has 0 aliphatic heterocycles. The molecule has 3 heteroatoms. The molecular weight excluding hydrogens is 182 g/mol. The van der Waals surface area contributed by atoms with Crippen LogP contribution in [0, 0.1) is 0 Å². The second-order valence-corrected chi connectivity index (χ2v) is 5.75. The molecule has 0 aliphatic rings. The fraction of sp³-hybridized carbons (Fsp3) is 1.00. The minimum atomic E-state index is -0.620. The van der Waals surface area contributed by atoms with Gasteiger partial charge in [0, 0.05) is 27.8 Å². The molecule has 3 unspecified atom stereocenters. The van der Waals surface area contributed by atoms with E-state index in [1.54, 1.807) is 0 Å². The van der Waals surface area contributed by atoms with E-state index >= 15 is 0 Å². The van der Waals surface area contributed by atoms with E-state index in [1.807, 2.05) is 6.92 Å². The van der Waals surface area contributed by atoms with Crippen LogP contribution in [0.2, 0.25) is 0 Å². The maximum absolute atomic E-state index is 11.5. The van der Waals surface area contributed by atoms with Crippen LogP contribution >= 0.6 is 0 Å². The van der Waals surface area contributed by atoms with Crippen molar-refractivity contribution in [3.63, 3.8) is 0 Å². The Morgan fingerprint density at radius 2 is 1.92 bits per heavy atom. The fourth-order valence-electron chi connectivity index (χ4n) is 1.10. The molecule has 0 saturated carbocycles. The molecule has 13 heavy (non-hydrogen) atoms. The van der Waals surface area contributed by atoms with Crippen LogP contribution in [0.4, 0.5) is 0 Å². The zero-order valence-corrected chi connectivity index (χ0v) is 9.90. The van der Waals surface area contributed by atoms with E-state index in [9.17, 15) is 4.21 Å². The number of hydrogen-bond donors (Lipinski definition) is 1. The lowest BCUT2D eigenvalue weighted by Crippen LogP contribution is -2.16. The molecular formula is C10H23NOS. The summed E-state index contributed by atoms with van der Waals surface area (Å²) in [6.45, 7) is 6.16. The van der Waals surface area contributed by atoms with Crippen LogP contribution in [0.3, 0.4) is 0 Å². The Balaban J connectivity index is 3.37. The van der Waals surface area contributed by atoms with Gasteiger partial charge in [-0.15, -0.1) is 0 Å². The van der Waals surface area contributed by atoms with Crippen LogP contribution in [0.1, 0.15) is 46.5 Å². The molecule has 0 heterocycles. The highest BCUT2D eigenvalue weighted by molar-refractivity contribution is 7.85. The molecule has 0 saturated heterocycles. The van der Waals surface area contributed by atoms with Crippen molar-refractivity contribution in [1.82, 2.24) is 0 Å². The van der Waals surface area contributed by atoms with Gasteiger partial charge < -0.3 is 5.73 Å². The largest absolute Gasteiger partial charge is 0.328 e. The Morgan fingerprint density at radius 3 is 2.38 bits per heavy atom. The van der Waals surface area contributed by atoms with Crippen LogP contribution in [-0.2, 0) is 10.8 Å². The molecule has 0 aromatic rings. The second-order valence-electron chi connectivity index (χ2n) is 3.78. The molecule has 80 valence electrons. The standard InChI is InChI=1S/C10H23NOS/c1-4-10(3)13(12)8-6-5-7-9(2)11/h9-10H,4-8,11H2,1-3H3. The third-order valence-electron chi connectivity index (χ3n) is 2.28. The van der Waals surface area contributed by atoms with E-state index in [-0.39, 0.29) is 6.04 Å². The van der Waals surface area contributed by atoms with E-state index in [1.165, 1.54) is 0 Å². The summed E-state index contributed by atoms with van der Waals surface area (Å²) < 4.78 is 11.5. The van der Waals surface area contributed by atoms with Gasteiger partial charge in [0.15, 0.2) is 0 Å². The summed E-state index contributed by atoms with van der Waals surface area (Å²) in [6, 6.07) is 0.289. The van der Waals surface area contributed by atoms with Crippen LogP contribution in [-0.4, -0.2) is 21.3 Å². The Hall–Kier alpha value is 0.110. The third kappa shape index (κ3) is 7.20. The highest BCUT2D eigenvalue weighted by Gasteiger charge is 2.07. The topological polar surface area (TPSA) is 43.1 Å². The van der Waals surface area contributed by atoms with Crippen molar-refractivity contribution in [1.29, 1.82) is 0 Å². The summed E-state index contributed by atoms with van der Waals surface area (Å²) in [5, 5.41) is 0.357. The van der Waals surface area contributed by atoms with E-state index in [0.29, 0.717) is 5.25 Å². The first-order valence-electron chi connectivity index (χ1n) is 5.20. The fourth-order valence-corrected chi connectivity index (χ4v) is 2.36. The van der Waals surface area contributed by atoms with E-state index in [4.69, 9.17) is 5.73 Å². The minimum absolute atomic E-state index is 0.289. The van der Waals surface area contributed by atoms with Crippen molar-refractivity contribution >= 4 is 10.8 Å². The Kier molecular flexibility index (Phi) is 7.57. The molecule has 0 aromatic heterocycles. The van der Waals surface area contributed by atoms with Gasteiger partial charge in [-0.1, -0.05) is 20.3 Å². The Labute approximate surface area is 84.7 Å². The lowest BCUT2D eigenvalue weighted by Gasteiger charge is -2.08. The zero-order chi connectivity index (χ0) is 10.3. The molecule has 0 radical (unpaired) electrons. The maximum atomic E-state index is 11.5. The summed E-state index contributed by atoms with van der Waals surface area (Å²) in [5.74, 6) is 0.849. The van der Waals surface area contributed by atoms with Crippen LogP contribution in [0.15, 0.2) is 0 Å². The van der Waals surface area contributed by atoms with Crippen molar-refractivity contribution in [3.8, 4) is 0 Å². The van der Waals surface area contributed by atoms with Crippen molar-refractivity contribution in [2.24, 2.45) is 5.73 Å². The third-order valence-corrected chi connectivity index (χ3v) is 4.20. The van der Waals surface area contributed by atoms with Gasteiger partial charge in [-0.2, -0.15) is 0 Å². The maximum Gasteiger partial charge on any atom is 0.0317 e. The van der Waals surface area contributed by atoms with Crippen LogP contribution in [0.5, 0.6) is 0 Å². The lowest BCUT2D eigenvalue weighted by atomic mass is 10.2. The van der Waals surface area contributed by atoms with Gasteiger partial charge in [-0.3, -0.25) is 4.21 Å². The second kappa shape index (κ2) is 7.51. The average molecular weight is 205 g/mol. The van der Waals surface area contributed by atoms with Gasteiger partial charge in [-0.05, 0) is 26.2 Å². The van der Waals surface area contributed by atoms with Crippen molar-refractivity contribution in [3.05, 3.63) is 0 Å². The molecule has 0 fully saturated rings. The van der Waals surface area contributed by atoms with E-state index in [2.05, 4.69) is 13.8 Å². The molecule has 2 N–H and O–H groups in total. The summed E-state index contributed by atoms with van der Waals surface area (Å²) in [7, 11) is -0.620. The average Bonchev–Trinajstić information content (AvgIpc) is 2.10. The monoisotopic (exact) mass is 205 g/mol. The first kappa shape index (κ1) is 13.1. The van der Waals surface area contributed by atoms with Crippen LogP contribution < -0.4 is 5.73 Å². The SMILES string of the molecule is CCC(C)S(=O)CCCCC(C)N. The highest BCUT2D eigenvalue weighted by Crippen LogP contribution is 2.05. The van der Waals surface area contributed by atoms with Gasteiger partial charge in [0.1, 0.15) is 0 Å². The lowest BCUT2D eigenvalue weighted by molar-refractivity contribution is 0.611. The molecule has 0 aliphatic carbocycles. The van der Waals surface area contributed by atoms with Crippen LogP contribution in [0.25, 0.3) is 0 Å². The molecule has 0 aromatic carbocycles. The minimum Gasteiger partial charge on any atom is -0.328 e. The highest BCUT2D eigenvalue weighted by atomic mass is 32.2. The summed E-state index contributed by atoms with van der Waals surface area (Å²) >= 11 is 0. The predicted molar refractivity (Wildman–Crippen MR) is 60.3 cm³/mol. The Morgan fingerprint density at radius 1 is 1.31 bits per heavy atom. The molecule has 0 spiro atoms. The van der Waals surface area contributed by atoms with Crippen molar-refractivity contribution in [2.75, 3.05) is 5.75 Å². The van der Waals surface area contributed by atoms with Gasteiger partial charge >= 0.3 is 0 Å². The quantitative estimate of drug-likeness (QED) is 0.646. The normalized spacial score (nSPS) is 18.2. The molecule has 0 bridgehead atoms. The van der Waals surface area contributed by atoms with Gasteiger partial charge in [0.05, 0.1) is 0 Å². The van der Waals surface area contributed by atoms with Gasteiger partial charge in [-0.25, -0.2) is 0 Å². The number of hydrogen-bond acceptors (Lipinski definition) is 2. The first-order chi connectivity index (χ1) is 6.07. The number of rotatable bonds is 7. The summed E-state index contributed by atoms with van der Waals surface area (Å²) in [4.78, 5) is 0. The van der Waals surface area contributed by atoms with E-state index < -0.39 is 10.8 Å². The van der Waals surface area contributed by atoms with Crippen molar-refractivity contribution in [2.45, 2.75) is 57.7 Å². The van der Waals surface area contributed by atoms with Gasteiger partial charge in [0.2, 0.25) is 0 Å². The summed E-state index contributed by atoms with van der Waals surface area (Å²) in [6.07, 6.45) is 4.23. The number of nitrogens with two attached hydrogens (primary N) is 1. The molecule has 3 atom stereocenters. The van der Waals surface area contributed by atoms with Gasteiger partial charge in [0.25, 0.3) is 0 Å². The zero-order valence-electron chi connectivity index (χ0n) is 9.08. The number of unbranched alkanes of at least 4 members (excludes halogenated alkanes) is 1. The summed E-state index contributed by atoms with van der Waals surface area (Å²) in [5.41, 5.74) is 5.62. The van der Waals surface area contributed by atoms with Crippen molar-refractivity contribution < 1.29 is 4.21 Å². The molecule has 2 nitrogen and oxygen atoms in total. The first-order valence-corrected chi connectivity index (χ1v) is 6.58. The molecule has 0 rings (SSSR count). The molecule has 0 amide bonds. The predicted octanol–water partition coefficient (Wildman–Crippen LogP) is 2.05. The smallest absolute Gasteiger partial charge is 0.0317 e.